The number of ether oxygens (including phenoxy) is 1. The summed E-state index contributed by atoms with van der Waals surface area (Å²) in [6.07, 6.45) is 3.06. The maximum Gasteiger partial charge on any atom is 0.274 e. The molecule has 4 rings (SSSR count). The number of amides is 1. The lowest BCUT2D eigenvalue weighted by molar-refractivity contribution is 0.0955. The molecule has 1 aromatic heterocycles. The highest BCUT2D eigenvalue weighted by atomic mass is 35.5. The zero-order valence-electron chi connectivity index (χ0n) is 16.0. The number of aromatic nitrogens is 1. The molecule has 0 saturated heterocycles. The zero-order chi connectivity index (χ0) is 20.8. The summed E-state index contributed by atoms with van der Waals surface area (Å²) in [6.45, 7) is 0.420. The largest absolute Gasteiger partial charge is 0.488 e. The predicted molar refractivity (Wildman–Crippen MR) is 119 cm³/mol. The van der Waals surface area contributed by atoms with Crippen molar-refractivity contribution in [1.82, 2.24) is 10.4 Å². The second kappa shape index (κ2) is 9.20. The Morgan fingerprint density at radius 3 is 2.70 bits per heavy atom. The molecule has 0 radical (unpaired) electrons. The van der Waals surface area contributed by atoms with Gasteiger partial charge in [0.15, 0.2) is 0 Å². The minimum atomic E-state index is -0.432. The van der Waals surface area contributed by atoms with E-state index in [-0.39, 0.29) is 10.7 Å². The van der Waals surface area contributed by atoms with Crippen molar-refractivity contribution in [2.24, 2.45) is 5.10 Å². The summed E-state index contributed by atoms with van der Waals surface area (Å²) in [7, 11) is 0. The molecule has 0 aliphatic heterocycles. The summed E-state index contributed by atoms with van der Waals surface area (Å²) >= 11 is 5.94. The van der Waals surface area contributed by atoms with Gasteiger partial charge in [0.1, 0.15) is 17.5 Å². The number of nitrogens with one attached hydrogen (secondary N) is 1. The van der Waals surface area contributed by atoms with Gasteiger partial charge in [-0.25, -0.2) is 10.4 Å². The van der Waals surface area contributed by atoms with Crippen molar-refractivity contribution in [3.63, 3.8) is 0 Å². The number of hydrogen-bond donors (Lipinski definition) is 1. The number of benzene rings is 3. The van der Waals surface area contributed by atoms with Crippen molar-refractivity contribution < 1.29 is 9.53 Å². The van der Waals surface area contributed by atoms with Crippen LogP contribution in [0.1, 0.15) is 21.5 Å². The SMILES string of the molecule is O=C(NN=Cc1ccccc1OCc1cccc2ccccc12)c1cccnc1Cl. The molecule has 0 spiro atoms. The molecule has 1 amide bonds. The highest BCUT2D eigenvalue weighted by Gasteiger charge is 2.09. The monoisotopic (exact) mass is 415 g/mol. The van der Waals surface area contributed by atoms with Gasteiger partial charge in [-0.1, -0.05) is 66.2 Å². The van der Waals surface area contributed by atoms with Gasteiger partial charge in [0.2, 0.25) is 0 Å². The van der Waals surface area contributed by atoms with Crippen LogP contribution < -0.4 is 10.2 Å². The van der Waals surface area contributed by atoms with Crippen LogP contribution >= 0.6 is 11.6 Å². The number of nitrogens with zero attached hydrogens (tertiary/aromatic N) is 2. The van der Waals surface area contributed by atoms with Crippen molar-refractivity contribution in [3.05, 3.63) is 107 Å². The van der Waals surface area contributed by atoms with Gasteiger partial charge >= 0.3 is 0 Å². The van der Waals surface area contributed by atoms with E-state index in [1.54, 1.807) is 18.3 Å². The number of carbonyl (C=O) groups excluding carboxylic acids is 1. The number of pyridine rings is 1. The number of hydrazone groups is 1. The molecule has 0 aliphatic rings. The maximum atomic E-state index is 12.2. The first-order chi connectivity index (χ1) is 14.7. The molecular weight excluding hydrogens is 398 g/mol. The first-order valence-corrected chi connectivity index (χ1v) is 9.72. The molecule has 0 atom stereocenters. The van der Waals surface area contributed by atoms with E-state index < -0.39 is 5.91 Å². The number of fused-ring (bicyclic) bond motifs is 1. The lowest BCUT2D eigenvalue weighted by atomic mass is 10.1. The maximum absolute atomic E-state index is 12.2. The Morgan fingerprint density at radius 1 is 1.00 bits per heavy atom. The summed E-state index contributed by atoms with van der Waals surface area (Å²) in [5.74, 6) is 0.237. The Balaban J connectivity index is 1.47. The quantitative estimate of drug-likeness (QED) is 0.266. The van der Waals surface area contributed by atoms with Crippen molar-refractivity contribution in [2.45, 2.75) is 6.61 Å². The van der Waals surface area contributed by atoms with Crippen LogP contribution in [0.3, 0.4) is 0 Å². The molecule has 3 aromatic carbocycles. The molecule has 148 valence electrons. The fourth-order valence-corrected chi connectivity index (χ4v) is 3.27. The molecule has 4 aromatic rings. The van der Waals surface area contributed by atoms with E-state index in [0.717, 1.165) is 16.5 Å². The molecular formula is C24H18ClN3O2. The number of hydrogen-bond acceptors (Lipinski definition) is 4. The molecule has 6 heteroatoms. The van der Waals surface area contributed by atoms with Crippen LogP contribution in [0, 0.1) is 0 Å². The summed E-state index contributed by atoms with van der Waals surface area (Å²) in [5, 5.41) is 6.49. The second-order valence-electron chi connectivity index (χ2n) is 6.51. The van der Waals surface area contributed by atoms with Crippen LogP contribution in [0.25, 0.3) is 10.8 Å². The normalized spacial score (nSPS) is 11.0. The summed E-state index contributed by atoms with van der Waals surface area (Å²) in [5.41, 5.74) is 4.57. The molecule has 1 N–H and O–H groups in total. The molecule has 1 heterocycles. The molecule has 0 unspecified atom stereocenters. The zero-order valence-corrected chi connectivity index (χ0v) is 16.7. The third-order valence-corrected chi connectivity index (χ3v) is 4.86. The van der Waals surface area contributed by atoms with Gasteiger partial charge < -0.3 is 4.74 Å². The van der Waals surface area contributed by atoms with E-state index in [1.807, 2.05) is 42.5 Å². The van der Waals surface area contributed by atoms with Crippen LogP contribution in [0.4, 0.5) is 0 Å². The molecule has 0 bridgehead atoms. The topological polar surface area (TPSA) is 63.6 Å². The van der Waals surface area contributed by atoms with Gasteiger partial charge in [-0.3, -0.25) is 4.79 Å². The lowest BCUT2D eigenvalue weighted by Gasteiger charge is -2.11. The minimum Gasteiger partial charge on any atom is -0.488 e. The Kier molecular flexibility index (Phi) is 6.01. The minimum absolute atomic E-state index is 0.129. The van der Waals surface area contributed by atoms with Gasteiger partial charge in [0, 0.05) is 11.8 Å². The van der Waals surface area contributed by atoms with E-state index in [4.69, 9.17) is 16.3 Å². The van der Waals surface area contributed by atoms with E-state index in [1.165, 1.54) is 11.6 Å². The molecule has 0 saturated carbocycles. The second-order valence-corrected chi connectivity index (χ2v) is 6.86. The Labute approximate surface area is 179 Å². The fraction of sp³-hybridized carbons (Fsp3) is 0.0417. The van der Waals surface area contributed by atoms with E-state index in [2.05, 4.69) is 39.8 Å². The third-order valence-electron chi connectivity index (χ3n) is 4.56. The number of rotatable bonds is 6. The molecule has 0 aliphatic carbocycles. The van der Waals surface area contributed by atoms with Crippen LogP contribution in [-0.2, 0) is 6.61 Å². The first kappa shape index (κ1) is 19.6. The summed E-state index contributed by atoms with van der Waals surface area (Å²) < 4.78 is 6.06. The number of halogens is 1. The van der Waals surface area contributed by atoms with Gasteiger partial charge in [0.05, 0.1) is 11.8 Å². The van der Waals surface area contributed by atoms with Gasteiger partial charge in [-0.2, -0.15) is 5.10 Å². The van der Waals surface area contributed by atoms with Crippen LogP contribution in [-0.4, -0.2) is 17.1 Å². The summed E-state index contributed by atoms with van der Waals surface area (Å²) in [6, 6.07) is 25.1. The van der Waals surface area contributed by atoms with Crippen molar-refractivity contribution in [2.75, 3.05) is 0 Å². The summed E-state index contributed by atoms with van der Waals surface area (Å²) in [4.78, 5) is 16.1. The third kappa shape index (κ3) is 4.47. The average Bonchev–Trinajstić information content (AvgIpc) is 2.78. The number of carbonyl (C=O) groups is 1. The van der Waals surface area contributed by atoms with Gasteiger partial charge in [0.25, 0.3) is 5.91 Å². The predicted octanol–water partition coefficient (Wildman–Crippen LogP) is 5.23. The smallest absolute Gasteiger partial charge is 0.274 e. The van der Waals surface area contributed by atoms with Crippen LogP contribution in [0.5, 0.6) is 5.75 Å². The Bertz CT molecular complexity index is 1220. The van der Waals surface area contributed by atoms with E-state index >= 15 is 0 Å². The van der Waals surface area contributed by atoms with E-state index in [9.17, 15) is 4.79 Å². The van der Waals surface area contributed by atoms with E-state index in [0.29, 0.717) is 12.4 Å². The van der Waals surface area contributed by atoms with Gasteiger partial charge in [-0.15, -0.1) is 0 Å². The van der Waals surface area contributed by atoms with Gasteiger partial charge in [-0.05, 0) is 40.6 Å². The average molecular weight is 416 g/mol. The fourth-order valence-electron chi connectivity index (χ4n) is 3.07. The first-order valence-electron chi connectivity index (χ1n) is 9.35. The lowest BCUT2D eigenvalue weighted by Crippen LogP contribution is -2.18. The Hall–Kier alpha value is -3.70. The van der Waals surface area contributed by atoms with Crippen molar-refractivity contribution >= 4 is 34.5 Å². The van der Waals surface area contributed by atoms with Crippen molar-refractivity contribution in [1.29, 1.82) is 0 Å². The highest BCUT2D eigenvalue weighted by molar-refractivity contribution is 6.32. The molecule has 5 nitrogen and oxygen atoms in total. The van der Waals surface area contributed by atoms with Crippen molar-refractivity contribution in [3.8, 4) is 5.75 Å². The molecule has 0 fully saturated rings. The van der Waals surface area contributed by atoms with Crippen LogP contribution in [0.15, 0.2) is 90.2 Å². The molecule has 30 heavy (non-hydrogen) atoms. The Morgan fingerprint density at radius 2 is 1.80 bits per heavy atom. The highest BCUT2D eigenvalue weighted by Crippen LogP contribution is 2.22. The number of para-hydroxylation sites is 1. The standard InChI is InChI=1S/C24H18ClN3O2/c25-23-21(12-6-14-26-23)24(29)28-27-15-18-8-2-4-13-22(18)30-16-19-10-5-9-17-7-1-3-11-20(17)19/h1-15H,16H2,(H,28,29). The van der Waals surface area contributed by atoms with Crippen LogP contribution in [0.2, 0.25) is 5.15 Å².